The Hall–Kier alpha value is -1.90. The summed E-state index contributed by atoms with van der Waals surface area (Å²) >= 11 is 9.69. The number of fused-ring (bicyclic) bond motifs is 1. The summed E-state index contributed by atoms with van der Waals surface area (Å²) in [6.45, 7) is 0. The number of aromatic nitrogens is 1. The van der Waals surface area contributed by atoms with Crippen LogP contribution in [-0.2, 0) is 0 Å². The normalized spacial score (nSPS) is 10.5. The number of carbonyl (C=O) groups excluding carboxylic acids is 1. The van der Waals surface area contributed by atoms with Crippen molar-refractivity contribution in [1.82, 2.24) is 10.3 Å². The number of thiocarbonyl (C=S) groups is 1. The lowest BCUT2D eigenvalue weighted by atomic mass is 10.2. The Labute approximate surface area is 148 Å². The molecule has 0 bridgehead atoms. The van der Waals surface area contributed by atoms with Gasteiger partial charge in [0.25, 0.3) is 5.91 Å². The first-order chi connectivity index (χ1) is 11.0. The molecule has 0 saturated carbocycles. The van der Waals surface area contributed by atoms with E-state index in [2.05, 4.69) is 31.5 Å². The van der Waals surface area contributed by atoms with Crippen molar-refractivity contribution in [2.75, 3.05) is 5.32 Å². The molecule has 3 rings (SSSR count). The molecule has 0 aliphatic rings. The molecular formula is C15H9BrFN3OS2. The summed E-state index contributed by atoms with van der Waals surface area (Å²) in [5.74, 6) is -0.653. The third-order valence-electron chi connectivity index (χ3n) is 2.92. The van der Waals surface area contributed by atoms with Gasteiger partial charge in [-0.2, -0.15) is 0 Å². The zero-order chi connectivity index (χ0) is 16.4. The molecule has 1 amide bonds. The van der Waals surface area contributed by atoms with E-state index in [0.29, 0.717) is 25.4 Å². The molecule has 2 N–H and O–H groups in total. The third-order valence-corrected chi connectivity index (χ3v) is 4.75. The number of nitrogens with zero attached hydrogens (tertiary/aromatic N) is 1. The molecule has 3 aromatic rings. The minimum atomic E-state index is -0.331. The lowest BCUT2D eigenvalue weighted by Gasteiger charge is -2.08. The van der Waals surface area contributed by atoms with Crippen molar-refractivity contribution in [3.8, 4) is 0 Å². The van der Waals surface area contributed by atoms with Gasteiger partial charge < -0.3 is 5.32 Å². The Kier molecular flexibility index (Phi) is 4.65. The molecule has 1 heterocycles. The van der Waals surface area contributed by atoms with Crippen molar-refractivity contribution in [2.24, 2.45) is 0 Å². The minimum absolute atomic E-state index is 0.130. The van der Waals surface area contributed by atoms with Crippen LogP contribution in [0.25, 0.3) is 10.2 Å². The van der Waals surface area contributed by atoms with Crippen molar-refractivity contribution in [3.05, 3.63) is 58.3 Å². The molecule has 0 spiro atoms. The fourth-order valence-corrected chi connectivity index (χ4v) is 3.51. The average Bonchev–Trinajstić information content (AvgIpc) is 2.88. The van der Waals surface area contributed by atoms with Gasteiger partial charge in [-0.25, -0.2) is 9.37 Å². The first-order valence-corrected chi connectivity index (χ1v) is 8.47. The predicted molar refractivity (Wildman–Crippen MR) is 97.4 cm³/mol. The van der Waals surface area contributed by atoms with Gasteiger partial charge in [-0.05, 0) is 58.5 Å². The predicted octanol–water partition coefficient (Wildman–Crippen LogP) is 4.32. The molecule has 2 aromatic carbocycles. The SMILES string of the molecule is O=C(NC(=S)Nc1nc2ccc(F)cc2s1)c1ccccc1Br. The fraction of sp³-hybridized carbons (Fsp3) is 0. The van der Waals surface area contributed by atoms with Gasteiger partial charge in [-0.15, -0.1) is 0 Å². The Balaban J connectivity index is 1.71. The Bertz CT molecular complexity index is 913. The summed E-state index contributed by atoms with van der Waals surface area (Å²) in [6.07, 6.45) is 0. The zero-order valence-corrected chi connectivity index (χ0v) is 14.7. The van der Waals surface area contributed by atoms with Crippen LogP contribution in [-0.4, -0.2) is 16.0 Å². The second-order valence-corrected chi connectivity index (χ2v) is 6.81. The van der Waals surface area contributed by atoms with Crippen molar-refractivity contribution in [2.45, 2.75) is 0 Å². The molecular weight excluding hydrogens is 401 g/mol. The Morgan fingerprint density at radius 3 is 2.83 bits per heavy atom. The maximum Gasteiger partial charge on any atom is 0.258 e. The number of nitrogens with one attached hydrogen (secondary N) is 2. The Morgan fingerprint density at radius 2 is 2.04 bits per heavy atom. The van der Waals surface area contributed by atoms with Gasteiger partial charge >= 0.3 is 0 Å². The first kappa shape index (κ1) is 16.0. The number of halogens is 2. The van der Waals surface area contributed by atoms with E-state index in [1.54, 1.807) is 24.3 Å². The molecule has 0 radical (unpaired) electrons. The monoisotopic (exact) mass is 409 g/mol. The number of amides is 1. The third kappa shape index (κ3) is 3.72. The molecule has 0 aliphatic heterocycles. The first-order valence-electron chi connectivity index (χ1n) is 6.46. The van der Waals surface area contributed by atoms with Gasteiger partial charge in [0, 0.05) is 4.47 Å². The smallest absolute Gasteiger partial charge is 0.258 e. The van der Waals surface area contributed by atoms with Crippen molar-refractivity contribution < 1.29 is 9.18 Å². The minimum Gasteiger partial charge on any atom is -0.308 e. The van der Waals surface area contributed by atoms with Gasteiger partial charge in [0.2, 0.25) is 0 Å². The fourth-order valence-electron chi connectivity index (χ4n) is 1.90. The molecule has 0 unspecified atom stereocenters. The van der Waals surface area contributed by atoms with Crippen LogP contribution in [0.15, 0.2) is 46.9 Å². The second kappa shape index (κ2) is 6.69. The zero-order valence-electron chi connectivity index (χ0n) is 11.5. The van der Waals surface area contributed by atoms with Gasteiger partial charge in [0.05, 0.1) is 15.8 Å². The average molecular weight is 410 g/mol. The van der Waals surface area contributed by atoms with Crippen molar-refractivity contribution >= 4 is 65.9 Å². The van der Waals surface area contributed by atoms with Crippen LogP contribution in [0.3, 0.4) is 0 Å². The second-order valence-electron chi connectivity index (χ2n) is 4.52. The van der Waals surface area contributed by atoms with Crippen LogP contribution >= 0.6 is 39.5 Å². The number of carbonyl (C=O) groups is 1. The quantitative estimate of drug-likeness (QED) is 0.618. The number of hydrogen-bond donors (Lipinski definition) is 2. The lowest BCUT2D eigenvalue weighted by Crippen LogP contribution is -2.34. The standard InChI is InChI=1S/C15H9BrFN3OS2/c16-10-4-2-1-3-9(10)13(21)19-14(22)20-15-18-11-6-5-8(17)7-12(11)23-15/h1-7H,(H2,18,19,20,21,22). The van der Waals surface area contributed by atoms with E-state index < -0.39 is 0 Å². The van der Waals surface area contributed by atoms with E-state index >= 15 is 0 Å². The number of hydrogen-bond acceptors (Lipinski definition) is 4. The van der Waals surface area contributed by atoms with E-state index in [9.17, 15) is 9.18 Å². The van der Waals surface area contributed by atoms with Gasteiger partial charge in [0.15, 0.2) is 10.2 Å². The summed E-state index contributed by atoms with van der Waals surface area (Å²) in [4.78, 5) is 16.4. The van der Waals surface area contributed by atoms with E-state index in [1.165, 1.54) is 23.5 Å². The summed E-state index contributed by atoms with van der Waals surface area (Å²) in [6, 6.07) is 11.4. The number of rotatable bonds is 2. The molecule has 4 nitrogen and oxygen atoms in total. The lowest BCUT2D eigenvalue weighted by molar-refractivity contribution is 0.0977. The number of benzene rings is 2. The maximum absolute atomic E-state index is 13.2. The maximum atomic E-state index is 13.2. The highest BCUT2D eigenvalue weighted by molar-refractivity contribution is 9.10. The van der Waals surface area contributed by atoms with Crippen LogP contribution in [0.1, 0.15) is 10.4 Å². The van der Waals surface area contributed by atoms with Crippen LogP contribution in [0, 0.1) is 5.82 Å². The molecule has 1 aromatic heterocycles. The number of anilines is 1. The molecule has 8 heteroatoms. The van der Waals surface area contributed by atoms with Gasteiger partial charge in [0.1, 0.15) is 5.82 Å². The highest BCUT2D eigenvalue weighted by atomic mass is 79.9. The van der Waals surface area contributed by atoms with Crippen molar-refractivity contribution in [1.29, 1.82) is 0 Å². The van der Waals surface area contributed by atoms with Gasteiger partial charge in [-0.1, -0.05) is 23.5 Å². The van der Waals surface area contributed by atoms with Crippen LogP contribution in [0.4, 0.5) is 9.52 Å². The molecule has 116 valence electrons. The molecule has 0 saturated heterocycles. The van der Waals surface area contributed by atoms with Crippen molar-refractivity contribution in [3.63, 3.8) is 0 Å². The summed E-state index contributed by atoms with van der Waals surface area (Å²) in [5, 5.41) is 6.04. The van der Waals surface area contributed by atoms with E-state index in [1.807, 2.05) is 6.07 Å². The summed E-state index contributed by atoms with van der Waals surface area (Å²) in [7, 11) is 0. The molecule has 23 heavy (non-hydrogen) atoms. The molecule has 0 aliphatic carbocycles. The summed E-state index contributed by atoms with van der Waals surface area (Å²) < 4.78 is 14.6. The molecule has 0 fully saturated rings. The number of thiazole rings is 1. The van der Waals surface area contributed by atoms with Crippen LogP contribution < -0.4 is 10.6 Å². The highest BCUT2D eigenvalue weighted by Gasteiger charge is 2.12. The Morgan fingerprint density at radius 1 is 1.26 bits per heavy atom. The van der Waals surface area contributed by atoms with E-state index in [-0.39, 0.29) is 16.8 Å². The topological polar surface area (TPSA) is 54.0 Å². The van der Waals surface area contributed by atoms with Crippen LogP contribution in [0.5, 0.6) is 0 Å². The summed E-state index contributed by atoms with van der Waals surface area (Å²) in [5.41, 5.74) is 1.14. The van der Waals surface area contributed by atoms with E-state index in [4.69, 9.17) is 12.2 Å². The largest absolute Gasteiger partial charge is 0.308 e. The van der Waals surface area contributed by atoms with Gasteiger partial charge in [-0.3, -0.25) is 10.1 Å². The van der Waals surface area contributed by atoms with E-state index in [0.717, 1.165) is 0 Å². The highest BCUT2D eigenvalue weighted by Crippen LogP contribution is 2.26. The molecule has 0 atom stereocenters. The van der Waals surface area contributed by atoms with Crippen LogP contribution in [0.2, 0.25) is 0 Å².